The Hall–Kier alpha value is -7.14. The quantitative estimate of drug-likeness (QED) is 0.156. The molecule has 0 unspecified atom stereocenters. The van der Waals surface area contributed by atoms with Gasteiger partial charge in [0.1, 0.15) is 0 Å². The van der Waals surface area contributed by atoms with E-state index in [9.17, 15) is 0 Å². The second-order valence-electron chi connectivity index (χ2n) is 17.6. The minimum Gasteiger partial charge on any atom is -0.310 e. The van der Waals surface area contributed by atoms with Gasteiger partial charge in [-0.2, -0.15) is 0 Å². The standard InChI is InChI=1S/C56H35BN2Si/c1-32-25-27-40-53-47(32)48-33(2)26-29-45-55(48)59(53)56-46(60(45)43-23-13-11-21-38(43)39-22-12-14-24-44(39)60)30-28-42-51(56)57(40)41-31-36-19-9-10-20-37(36)50-49(34-15-5-3-6-16-34)52(58(42)54(41)50)35-17-7-4-8-18-35/h3-31H,1-2H3. The zero-order valence-corrected chi connectivity index (χ0v) is 34.2. The first-order chi connectivity index (χ1) is 29.7. The molecule has 11 aromatic rings. The zero-order chi connectivity index (χ0) is 39.2. The van der Waals surface area contributed by atoms with Crippen LogP contribution in [0.2, 0.25) is 0 Å². The van der Waals surface area contributed by atoms with Crippen molar-refractivity contribution in [3.63, 3.8) is 0 Å². The molecular weight excluding hydrogens is 740 g/mol. The van der Waals surface area contributed by atoms with Crippen LogP contribution >= 0.6 is 0 Å². The first-order valence-corrected chi connectivity index (χ1v) is 23.3. The molecule has 0 bridgehead atoms. The Morgan fingerprint density at radius 3 is 1.80 bits per heavy atom. The molecule has 0 amide bonds. The molecule has 0 atom stereocenters. The van der Waals surface area contributed by atoms with Crippen LogP contribution in [0, 0.1) is 13.8 Å². The fourth-order valence-corrected chi connectivity index (χ4v) is 18.4. The van der Waals surface area contributed by atoms with Gasteiger partial charge in [0.2, 0.25) is 0 Å². The van der Waals surface area contributed by atoms with E-state index in [4.69, 9.17) is 0 Å². The lowest BCUT2D eigenvalue weighted by molar-refractivity contribution is 1.12. The maximum absolute atomic E-state index is 2.83. The second-order valence-corrected chi connectivity index (χ2v) is 21.2. The normalized spacial score (nSPS) is 14.3. The molecule has 9 aromatic carbocycles. The molecule has 2 aromatic heterocycles. The van der Waals surface area contributed by atoms with Crippen molar-refractivity contribution in [2.75, 3.05) is 0 Å². The molecule has 276 valence electrons. The minimum atomic E-state index is -2.83. The Kier molecular flexibility index (Phi) is 5.68. The van der Waals surface area contributed by atoms with Crippen molar-refractivity contribution in [3.05, 3.63) is 187 Å². The fraction of sp³-hybridized carbons (Fsp3) is 0.0357. The summed E-state index contributed by atoms with van der Waals surface area (Å²) in [4.78, 5) is 0. The molecule has 1 spiro atoms. The summed E-state index contributed by atoms with van der Waals surface area (Å²) in [6.45, 7) is 4.73. The first kappa shape index (κ1) is 31.8. The van der Waals surface area contributed by atoms with Crippen LogP contribution in [-0.2, 0) is 0 Å². The van der Waals surface area contributed by atoms with Gasteiger partial charge in [-0.3, -0.25) is 0 Å². The van der Waals surface area contributed by atoms with Crippen LogP contribution in [0.5, 0.6) is 0 Å². The van der Waals surface area contributed by atoms with Crippen molar-refractivity contribution in [1.29, 1.82) is 0 Å². The van der Waals surface area contributed by atoms with Crippen LogP contribution in [0.3, 0.4) is 0 Å². The Labute approximate surface area is 348 Å². The number of aromatic nitrogens is 2. The molecule has 0 N–H and O–H groups in total. The highest BCUT2D eigenvalue weighted by atomic mass is 28.3. The molecule has 4 aliphatic heterocycles. The Balaban J connectivity index is 1.23. The molecule has 0 saturated heterocycles. The Morgan fingerprint density at radius 2 is 1.05 bits per heavy atom. The van der Waals surface area contributed by atoms with E-state index >= 15 is 0 Å². The number of benzene rings is 9. The van der Waals surface area contributed by atoms with Crippen LogP contribution in [0.4, 0.5) is 0 Å². The number of fused-ring (bicyclic) bond motifs is 13. The predicted molar refractivity (Wildman–Crippen MR) is 256 cm³/mol. The van der Waals surface area contributed by atoms with E-state index in [0.29, 0.717) is 0 Å². The summed E-state index contributed by atoms with van der Waals surface area (Å²) in [6, 6.07) is 67.8. The first-order valence-electron chi connectivity index (χ1n) is 21.3. The van der Waals surface area contributed by atoms with E-state index in [2.05, 4.69) is 199 Å². The van der Waals surface area contributed by atoms with Crippen molar-refractivity contribution in [2.45, 2.75) is 13.8 Å². The lowest BCUT2D eigenvalue weighted by atomic mass is 9.34. The maximum atomic E-state index is 2.77. The Morgan fingerprint density at radius 1 is 0.450 bits per heavy atom. The van der Waals surface area contributed by atoms with Gasteiger partial charge >= 0.3 is 0 Å². The van der Waals surface area contributed by atoms with Gasteiger partial charge < -0.3 is 9.13 Å². The molecule has 0 radical (unpaired) electrons. The third-order valence-corrected chi connectivity index (χ3v) is 19.8. The SMILES string of the molecule is Cc1ccc2c3c1c1c(C)ccc4c1n3-c1c(ccc3c1B2c1cc2ccccc2c2c(-c5ccccc5)c(-c5ccccc5)n-3c12)[Si]41c2ccccc2-c2ccccc21. The summed E-state index contributed by atoms with van der Waals surface area (Å²) in [5.74, 6) is 0. The lowest BCUT2D eigenvalue weighted by Crippen LogP contribution is -2.76. The highest BCUT2D eigenvalue weighted by Crippen LogP contribution is 2.48. The van der Waals surface area contributed by atoms with E-state index < -0.39 is 8.07 Å². The molecule has 2 nitrogen and oxygen atoms in total. The summed E-state index contributed by atoms with van der Waals surface area (Å²) in [7, 11) is -2.83. The maximum Gasteiger partial charge on any atom is 0.252 e. The molecule has 4 heteroatoms. The van der Waals surface area contributed by atoms with E-state index in [0.717, 1.165) is 0 Å². The largest absolute Gasteiger partial charge is 0.310 e. The summed E-state index contributed by atoms with van der Waals surface area (Å²) in [5.41, 5.74) is 21.7. The third-order valence-electron chi connectivity index (χ3n) is 14.9. The van der Waals surface area contributed by atoms with Crippen LogP contribution in [-0.4, -0.2) is 23.9 Å². The number of nitrogens with zero attached hydrogens (tertiary/aromatic N) is 2. The number of hydrogen-bond acceptors (Lipinski definition) is 0. The van der Waals surface area contributed by atoms with Crippen LogP contribution in [0.25, 0.3) is 88.4 Å². The molecule has 0 aliphatic carbocycles. The van der Waals surface area contributed by atoms with Gasteiger partial charge in [-0.1, -0.05) is 170 Å². The molecule has 15 rings (SSSR count). The minimum absolute atomic E-state index is 0.0522. The van der Waals surface area contributed by atoms with E-state index in [-0.39, 0.29) is 6.71 Å². The van der Waals surface area contributed by atoms with Crippen molar-refractivity contribution in [3.8, 4) is 44.9 Å². The molecular formula is C56H35BN2Si. The van der Waals surface area contributed by atoms with Crippen molar-refractivity contribution in [1.82, 2.24) is 9.13 Å². The molecule has 60 heavy (non-hydrogen) atoms. The number of rotatable bonds is 2. The van der Waals surface area contributed by atoms with Gasteiger partial charge in [-0.15, -0.1) is 0 Å². The molecule has 0 fully saturated rings. The summed E-state index contributed by atoms with van der Waals surface area (Å²) >= 11 is 0. The highest BCUT2D eigenvalue weighted by molar-refractivity contribution is 7.24. The van der Waals surface area contributed by atoms with Crippen LogP contribution in [0.1, 0.15) is 11.1 Å². The topological polar surface area (TPSA) is 9.86 Å². The highest BCUT2D eigenvalue weighted by Gasteiger charge is 2.56. The molecule has 0 saturated carbocycles. The van der Waals surface area contributed by atoms with Crippen molar-refractivity contribution >= 4 is 95.4 Å². The molecule has 6 heterocycles. The smallest absolute Gasteiger partial charge is 0.252 e. The lowest BCUT2D eigenvalue weighted by Gasteiger charge is -2.43. The summed E-state index contributed by atoms with van der Waals surface area (Å²) in [6.07, 6.45) is 0. The molecule has 4 aliphatic rings. The van der Waals surface area contributed by atoms with E-state index in [1.807, 2.05) is 0 Å². The number of hydrogen-bond donors (Lipinski definition) is 0. The second kappa shape index (κ2) is 10.7. The van der Waals surface area contributed by atoms with Crippen LogP contribution < -0.4 is 37.1 Å². The van der Waals surface area contributed by atoms with Crippen molar-refractivity contribution < 1.29 is 0 Å². The van der Waals surface area contributed by atoms with Gasteiger partial charge in [-0.05, 0) is 101 Å². The van der Waals surface area contributed by atoms with Crippen molar-refractivity contribution in [2.24, 2.45) is 0 Å². The van der Waals surface area contributed by atoms with Gasteiger partial charge in [0, 0.05) is 38.6 Å². The monoisotopic (exact) mass is 774 g/mol. The number of aryl methyl sites for hydroxylation is 2. The average molecular weight is 775 g/mol. The van der Waals surface area contributed by atoms with Gasteiger partial charge in [0.05, 0.1) is 16.7 Å². The fourth-order valence-electron chi connectivity index (χ4n) is 12.8. The Bertz CT molecular complexity index is 3750. The third kappa shape index (κ3) is 3.40. The van der Waals surface area contributed by atoms with Gasteiger partial charge in [-0.25, -0.2) is 0 Å². The predicted octanol–water partition coefficient (Wildman–Crippen LogP) is 8.65. The van der Waals surface area contributed by atoms with Gasteiger partial charge in [0.15, 0.2) is 8.07 Å². The summed E-state index contributed by atoms with van der Waals surface area (Å²) in [5, 5.41) is 12.9. The van der Waals surface area contributed by atoms with E-state index in [1.54, 1.807) is 0 Å². The summed E-state index contributed by atoms with van der Waals surface area (Å²) < 4.78 is 5.46. The zero-order valence-electron chi connectivity index (χ0n) is 33.2. The average Bonchev–Trinajstić information content (AvgIpc) is 3.95. The van der Waals surface area contributed by atoms with Crippen LogP contribution in [0.15, 0.2) is 176 Å². The van der Waals surface area contributed by atoms with E-state index in [1.165, 1.54) is 137 Å². The van der Waals surface area contributed by atoms with Gasteiger partial charge in [0.25, 0.3) is 6.71 Å².